The fourth-order valence-electron chi connectivity index (χ4n) is 3.07. The van der Waals surface area contributed by atoms with E-state index < -0.39 is 0 Å². The number of carbonyl (C=O) groups is 2. The van der Waals surface area contributed by atoms with Gasteiger partial charge in [-0.15, -0.1) is 0 Å². The van der Waals surface area contributed by atoms with Gasteiger partial charge in [-0.1, -0.05) is 5.16 Å². The fourth-order valence-corrected chi connectivity index (χ4v) is 3.07. The predicted molar refractivity (Wildman–Crippen MR) is 114 cm³/mol. The third kappa shape index (κ3) is 4.20. The number of pyridine rings is 1. The number of amides is 3. The summed E-state index contributed by atoms with van der Waals surface area (Å²) in [6.07, 6.45) is 0. The second-order valence-electron chi connectivity index (χ2n) is 6.75. The van der Waals surface area contributed by atoms with Gasteiger partial charge in [0.2, 0.25) is 0 Å². The molecule has 3 N–H and O–H groups in total. The van der Waals surface area contributed by atoms with Gasteiger partial charge in [0.1, 0.15) is 5.82 Å². The van der Waals surface area contributed by atoms with Crippen LogP contribution in [0, 0.1) is 12.7 Å². The number of carbonyl (C=O) groups excluding carboxylic acids is 2. The van der Waals surface area contributed by atoms with Gasteiger partial charge in [-0.05, 0) is 61.5 Å². The smallest absolute Gasteiger partial charge is 0.318 e. The quantitative estimate of drug-likeness (QED) is 0.456. The number of anilines is 2. The minimum atomic E-state index is -0.380. The van der Waals surface area contributed by atoms with Gasteiger partial charge in [0.25, 0.3) is 11.6 Å². The van der Waals surface area contributed by atoms with Gasteiger partial charge in [-0.3, -0.25) is 4.79 Å². The van der Waals surface area contributed by atoms with Gasteiger partial charge in [-0.25, -0.2) is 14.2 Å². The summed E-state index contributed by atoms with van der Waals surface area (Å²) in [5.41, 5.74) is 3.29. The minimum absolute atomic E-state index is 0.217. The van der Waals surface area contributed by atoms with Crippen LogP contribution in [0.25, 0.3) is 22.4 Å². The Morgan fingerprint density at radius 2 is 1.61 bits per heavy atom. The summed E-state index contributed by atoms with van der Waals surface area (Å²) in [6.45, 7) is 1.72. The van der Waals surface area contributed by atoms with E-state index in [1.54, 1.807) is 49.4 Å². The largest absolute Gasteiger partial charge is 0.341 e. The molecule has 2 aromatic carbocycles. The van der Waals surface area contributed by atoms with Gasteiger partial charge in [0.15, 0.2) is 0 Å². The number of aromatic nitrogens is 2. The van der Waals surface area contributed by atoms with Crippen molar-refractivity contribution in [1.29, 1.82) is 0 Å². The van der Waals surface area contributed by atoms with Crippen molar-refractivity contribution in [2.75, 3.05) is 17.7 Å². The molecule has 0 aliphatic carbocycles. The fraction of sp³-hybridized carbons (Fsp3) is 0.0909. The van der Waals surface area contributed by atoms with Crippen LogP contribution in [0.4, 0.5) is 20.6 Å². The Morgan fingerprint density at radius 3 is 2.26 bits per heavy atom. The summed E-state index contributed by atoms with van der Waals surface area (Å²) >= 11 is 0. The summed E-state index contributed by atoms with van der Waals surface area (Å²) in [7, 11) is 1.52. The summed E-state index contributed by atoms with van der Waals surface area (Å²) in [6, 6.07) is 13.7. The second-order valence-corrected chi connectivity index (χ2v) is 6.75. The zero-order chi connectivity index (χ0) is 22.0. The van der Waals surface area contributed by atoms with E-state index in [9.17, 15) is 14.0 Å². The lowest BCUT2D eigenvalue weighted by Gasteiger charge is -2.10. The molecule has 31 heavy (non-hydrogen) atoms. The molecular weight excluding hydrogens is 401 g/mol. The van der Waals surface area contributed by atoms with Crippen LogP contribution in [0.15, 0.2) is 59.1 Å². The van der Waals surface area contributed by atoms with E-state index in [0.29, 0.717) is 39.3 Å². The summed E-state index contributed by atoms with van der Waals surface area (Å²) in [4.78, 5) is 28.9. The number of aryl methyl sites for hydroxylation is 1. The van der Waals surface area contributed by atoms with Crippen LogP contribution in [0.1, 0.15) is 16.1 Å². The molecule has 0 aliphatic heterocycles. The number of nitrogens with zero attached hydrogens (tertiary/aromatic N) is 2. The number of hydrogen-bond acceptors (Lipinski definition) is 5. The van der Waals surface area contributed by atoms with E-state index in [0.717, 1.165) is 0 Å². The molecule has 0 saturated carbocycles. The molecule has 2 heterocycles. The zero-order valence-corrected chi connectivity index (χ0v) is 16.7. The Bertz CT molecular complexity index is 1270. The van der Waals surface area contributed by atoms with Crippen molar-refractivity contribution in [3.05, 3.63) is 71.7 Å². The zero-order valence-electron chi connectivity index (χ0n) is 16.7. The Hall–Kier alpha value is -4.27. The lowest BCUT2D eigenvalue weighted by molar-refractivity contribution is 0.102. The molecule has 0 unspecified atom stereocenters. The molecule has 4 rings (SSSR count). The van der Waals surface area contributed by atoms with Crippen LogP contribution >= 0.6 is 0 Å². The van der Waals surface area contributed by atoms with Crippen molar-refractivity contribution in [1.82, 2.24) is 15.5 Å². The van der Waals surface area contributed by atoms with Gasteiger partial charge < -0.3 is 20.5 Å². The minimum Gasteiger partial charge on any atom is -0.341 e. The molecule has 0 aliphatic rings. The molecular formula is C22H18FN5O3. The normalized spacial score (nSPS) is 10.7. The van der Waals surface area contributed by atoms with Gasteiger partial charge in [0, 0.05) is 24.0 Å². The van der Waals surface area contributed by atoms with E-state index in [4.69, 9.17) is 4.52 Å². The number of fused-ring (bicyclic) bond motifs is 1. The first-order valence-corrected chi connectivity index (χ1v) is 9.37. The Morgan fingerprint density at radius 1 is 0.968 bits per heavy atom. The lowest BCUT2D eigenvalue weighted by Crippen LogP contribution is -2.24. The number of benzene rings is 2. The van der Waals surface area contributed by atoms with E-state index in [-0.39, 0.29) is 23.5 Å². The van der Waals surface area contributed by atoms with Crippen LogP contribution in [-0.4, -0.2) is 29.1 Å². The molecule has 4 aromatic rings. The monoisotopic (exact) mass is 419 g/mol. The van der Waals surface area contributed by atoms with E-state index in [2.05, 4.69) is 26.1 Å². The van der Waals surface area contributed by atoms with Crippen LogP contribution in [0.5, 0.6) is 0 Å². The molecule has 0 bridgehead atoms. The molecule has 9 heteroatoms. The lowest BCUT2D eigenvalue weighted by atomic mass is 10.0. The first kappa shape index (κ1) is 20.0. The Kier molecular flexibility index (Phi) is 5.31. The number of nitrogens with one attached hydrogen (secondary N) is 3. The molecule has 0 atom stereocenters. The Balaban J connectivity index is 1.66. The molecule has 3 amide bonds. The standard InChI is InChI=1S/C22H18FN5O3/c1-12-19-17(20(29)25-15-7-9-16(10-8-15)26-22(30)24-2)11-18(27-21(19)31-28-12)13-3-5-14(23)6-4-13/h3-11H,1-2H3,(H,25,29)(H2,24,26,30). The van der Waals surface area contributed by atoms with Crippen LogP contribution in [0.2, 0.25) is 0 Å². The highest BCUT2D eigenvalue weighted by Gasteiger charge is 2.19. The summed E-state index contributed by atoms with van der Waals surface area (Å²) in [5, 5.41) is 12.3. The van der Waals surface area contributed by atoms with Crippen LogP contribution in [-0.2, 0) is 0 Å². The SMILES string of the molecule is CNC(=O)Nc1ccc(NC(=O)c2cc(-c3ccc(F)cc3)nc3onc(C)c23)cc1. The molecule has 0 radical (unpaired) electrons. The average Bonchev–Trinajstić information content (AvgIpc) is 3.15. The van der Waals surface area contributed by atoms with Crippen molar-refractivity contribution in [2.45, 2.75) is 6.92 Å². The summed E-state index contributed by atoms with van der Waals surface area (Å²) in [5.74, 6) is -0.748. The molecule has 8 nitrogen and oxygen atoms in total. The van der Waals surface area contributed by atoms with Gasteiger partial charge in [0.05, 0.1) is 22.3 Å². The highest BCUT2D eigenvalue weighted by Crippen LogP contribution is 2.28. The predicted octanol–water partition coefficient (Wildman–Crippen LogP) is 4.34. The second kappa shape index (κ2) is 8.23. The topological polar surface area (TPSA) is 109 Å². The maximum absolute atomic E-state index is 13.3. The summed E-state index contributed by atoms with van der Waals surface area (Å²) < 4.78 is 18.6. The number of urea groups is 1. The highest BCUT2D eigenvalue weighted by molar-refractivity contribution is 6.13. The maximum Gasteiger partial charge on any atom is 0.318 e. The van der Waals surface area contributed by atoms with Crippen molar-refractivity contribution in [3.8, 4) is 11.3 Å². The maximum atomic E-state index is 13.3. The highest BCUT2D eigenvalue weighted by atomic mass is 19.1. The van der Waals surface area contributed by atoms with E-state index in [1.165, 1.54) is 19.2 Å². The Labute approximate surface area is 176 Å². The van der Waals surface area contributed by atoms with Crippen LogP contribution < -0.4 is 16.0 Å². The molecule has 156 valence electrons. The average molecular weight is 419 g/mol. The van der Waals surface area contributed by atoms with Gasteiger partial charge >= 0.3 is 6.03 Å². The molecule has 2 aromatic heterocycles. The van der Waals surface area contributed by atoms with Crippen molar-refractivity contribution in [3.63, 3.8) is 0 Å². The number of halogens is 1. The number of hydrogen-bond donors (Lipinski definition) is 3. The van der Waals surface area contributed by atoms with Crippen molar-refractivity contribution in [2.24, 2.45) is 0 Å². The number of rotatable bonds is 4. The molecule has 0 spiro atoms. The first-order chi connectivity index (χ1) is 14.9. The third-order valence-electron chi connectivity index (χ3n) is 4.63. The van der Waals surface area contributed by atoms with Crippen molar-refractivity contribution < 1.29 is 18.5 Å². The third-order valence-corrected chi connectivity index (χ3v) is 4.63. The molecule has 0 saturated heterocycles. The van der Waals surface area contributed by atoms with Gasteiger partial charge in [-0.2, -0.15) is 0 Å². The van der Waals surface area contributed by atoms with E-state index >= 15 is 0 Å². The molecule has 0 fully saturated rings. The first-order valence-electron chi connectivity index (χ1n) is 9.37. The van der Waals surface area contributed by atoms with Crippen molar-refractivity contribution >= 4 is 34.4 Å². The van der Waals surface area contributed by atoms with E-state index in [1.807, 2.05) is 0 Å². The van der Waals surface area contributed by atoms with Crippen LogP contribution in [0.3, 0.4) is 0 Å².